The number of benzene rings is 2. The molecule has 0 amide bonds. The lowest BCUT2D eigenvalue weighted by Crippen LogP contribution is -1.96. The van der Waals surface area contributed by atoms with Crippen LogP contribution < -0.4 is 5.73 Å². The molecule has 0 aliphatic rings. The number of hydrogen-bond acceptors (Lipinski definition) is 1. The Hall–Kier alpha value is -2.20. The van der Waals surface area contributed by atoms with Gasteiger partial charge in [-0.25, -0.2) is 0 Å². The van der Waals surface area contributed by atoms with Crippen molar-refractivity contribution in [1.29, 1.82) is 0 Å². The summed E-state index contributed by atoms with van der Waals surface area (Å²) in [5.74, 6) is 0. The van der Waals surface area contributed by atoms with Gasteiger partial charge in [0.2, 0.25) is 0 Å². The topological polar surface area (TPSA) is 46.7 Å². The lowest BCUT2D eigenvalue weighted by Gasteiger charge is -2.08. The number of nitrogen functional groups attached to an aromatic ring is 1. The minimum absolute atomic E-state index is 0.775. The van der Waals surface area contributed by atoms with Crippen molar-refractivity contribution < 1.29 is 0 Å². The molecule has 4 aromatic rings. The molecule has 2 heterocycles. The highest BCUT2D eigenvalue weighted by molar-refractivity contribution is 9.10. The number of fused-ring (bicyclic) bond motifs is 2. The molecule has 2 aromatic heterocycles. The van der Waals surface area contributed by atoms with Gasteiger partial charge in [-0.2, -0.15) is 0 Å². The molecule has 3 nitrogen and oxygen atoms in total. The average molecular weight is 326 g/mol. The number of aromatic amines is 1. The van der Waals surface area contributed by atoms with Crippen LogP contribution in [0.25, 0.3) is 27.5 Å². The average Bonchev–Trinajstić information content (AvgIpc) is 3.04. The van der Waals surface area contributed by atoms with Crippen LogP contribution in [0.4, 0.5) is 5.69 Å². The SMILES string of the molecule is Nc1cccc2c(Br)cn(-c3cccc4cc[nH]c34)c12. The standard InChI is InChI=1S/C16H12BrN3/c17-12-9-20(16-11(12)4-2-5-13(16)18)14-6-1-3-10-7-8-19-15(10)14/h1-9,19H,18H2. The van der Waals surface area contributed by atoms with Gasteiger partial charge in [0.15, 0.2) is 0 Å². The predicted octanol–water partition coefficient (Wildman–Crippen LogP) is 4.46. The van der Waals surface area contributed by atoms with Crippen molar-refractivity contribution in [1.82, 2.24) is 9.55 Å². The number of hydrogen-bond donors (Lipinski definition) is 2. The number of para-hydroxylation sites is 2. The zero-order valence-corrected chi connectivity index (χ0v) is 12.2. The summed E-state index contributed by atoms with van der Waals surface area (Å²) in [6, 6.07) is 14.3. The summed E-state index contributed by atoms with van der Waals surface area (Å²) in [7, 11) is 0. The van der Waals surface area contributed by atoms with E-state index >= 15 is 0 Å². The van der Waals surface area contributed by atoms with Crippen LogP contribution in [-0.4, -0.2) is 9.55 Å². The Morgan fingerprint density at radius 2 is 1.90 bits per heavy atom. The summed E-state index contributed by atoms with van der Waals surface area (Å²) < 4.78 is 3.18. The van der Waals surface area contributed by atoms with Crippen LogP contribution in [0.5, 0.6) is 0 Å². The van der Waals surface area contributed by atoms with E-state index in [0.29, 0.717) is 0 Å². The number of aromatic nitrogens is 2. The Balaban J connectivity index is 2.15. The fraction of sp³-hybridized carbons (Fsp3) is 0. The molecule has 0 spiro atoms. The molecule has 20 heavy (non-hydrogen) atoms. The second-order valence-electron chi connectivity index (χ2n) is 4.81. The molecule has 98 valence electrons. The molecule has 0 saturated heterocycles. The third kappa shape index (κ3) is 1.51. The zero-order chi connectivity index (χ0) is 13.7. The van der Waals surface area contributed by atoms with E-state index in [9.17, 15) is 0 Å². The van der Waals surface area contributed by atoms with Crippen LogP contribution in [0.3, 0.4) is 0 Å². The van der Waals surface area contributed by atoms with Gasteiger partial charge in [-0.05, 0) is 34.1 Å². The quantitative estimate of drug-likeness (QED) is 0.499. The third-order valence-electron chi connectivity index (χ3n) is 3.63. The van der Waals surface area contributed by atoms with Crippen molar-refractivity contribution >= 4 is 43.4 Å². The molecule has 4 rings (SSSR count). The van der Waals surface area contributed by atoms with Crippen LogP contribution in [0.2, 0.25) is 0 Å². The van der Waals surface area contributed by atoms with Gasteiger partial charge < -0.3 is 15.3 Å². The van der Waals surface area contributed by atoms with E-state index in [1.807, 2.05) is 18.3 Å². The van der Waals surface area contributed by atoms with E-state index in [1.165, 1.54) is 5.39 Å². The minimum atomic E-state index is 0.775. The number of halogens is 1. The van der Waals surface area contributed by atoms with Crippen LogP contribution in [-0.2, 0) is 0 Å². The van der Waals surface area contributed by atoms with Crippen LogP contribution in [0, 0.1) is 0 Å². The first kappa shape index (κ1) is 11.6. The van der Waals surface area contributed by atoms with Crippen molar-refractivity contribution in [3.05, 3.63) is 59.3 Å². The maximum Gasteiger partial charge on any atom is 0.0772 e. The van der Waals surface area contributed by atoms with Crippen molar-refractivity contribution in [2.45, 2.75) is 0 Å². The van der Waals surface area contributed by atoms with E-state index in [1.54, 1.807) is 0 Å². The van der Waals surface area contributed by atoms with Crippen molar-refractivity contribution in [2.75, 3.05) is 5.73 Å². The lowest BCUT2D eigenvalue weighted by atomic mass is 10.2. The second kappa shape index (κ2) is 4.15. The summed E-state index contributed by atoms with van der Waals surface area (Å²) in [5, 5.41) is 2.31. The van der Waals surface area contributed by atoms with E-state index in [-0.39, 0.29) is 0 Å². The van der Waals surface area contributed by atoms with Crippen LogP contribution >= 0.6 is 15.9 Å². The van der Waals surface area contributed by atoms with Crippen LogP contribution in [0.15, 0.2) is 59.3 Å². The maximum atomic E-state index is 6.18. The third-order valence-corrected chi connectivity index (χ3v) is 4.26. The zero-order valence-electron chi connectivity index (χ0n) is 10.6. The molecule has 0 saturated carbocycles. The Bertz CT molecular complexity index is 933. The number of nitrogens with one attached hydrogen (secondary N) is 1. The van der Waals surface area contributed by atoms with E-state index in [4.69, 9.17) is 5.73 Å². The first-order valence-corrected chi connectivity index (χ1v) is 7.16. The molecule has 0 aliphatic heterocycles. The van der Waals surface area contributed by atoms with Gasteiger partial charge in [-0.1, -0.05) is 24.3 Å². The molecule has 0 fully saturated rings. The highest BCUT2D eigenvalue weighted by atomic mass is 79.9. The Morgan fingerprint density at radius 1 is 1.05 bits per heavy atom. The number of anilines is 1. The molecule has 3 N–H and O–H groups in total. The first-order chi connectivity index (χ1) is 9.75. The second-order valence-corrected chi connectivity index (χ2v) is 5.66. The highest BCUT2D eigenvalue weighted by Gasteiger charge is 2.12. The number of nitrogens with two attached hydrogens (primary N) is 1. The molecule has 4 heteroatoms. The van der Waals surface area contributed by atoms with Gasteiger partial charge in [0, 0.05) is 27.6 Å². The summed E-state index contributed by atoms with van der Waals surface area (Å²) >= 11 is 3.62. The Labute approximate surface area is 124 Å². The molecule has 0 unspecified atom stereocenters. The highest BCUT2D eigenvalue weighted by Crippen LogP contribution is 2.34. The first-order valence-electron chi connectivity index (χ1n) is 6.37. The summed E-state index contributed by atoms with van der Waals surface area (Å²) in [6.07, 6.45) is 4.02. The Morgan fingerprint density at radius 3 is 2.80 bits per heavy atom. The van der Waals surface area contributed by atoms with Gasteiger partial charge in [-0.3, -0.25) is 0 Å². The molecule has 0 bridgehead atoms. The van der Waals surface area contributed by atoms with Crippen molar-refractivity contribution in [3.63, 3.8) is 0 Å². The van der Waals surface area contributed by atoms with Gasteiger partial charge in [0.05, 0.1) is 22.4 Å². The fourth-order valence-electron chi connectivity index (χ4n) is 2.73. The maximum absolute atomic E-state index is 6.18. The predicted molar refractivity (Wildman–Crippen MR) is 87.2 cm³/mol. The van der Waals surface area contributed by atoms with E-state index < -0.39 is 0 Å². The number of rotatable bonds is 1. The van der Waals surface area contributed by atoms with Crippen molar-refractivity contribution in [2.24, 2.45) is 0 Å². The van der Waals surface area contributed by atoms with Crippen LogP contribution in [0.1, 0.15) is 0 Å². The fourth-order valence-corrected chi connectivity index (χ4v) is 3.25. The molecule has 0 aliphatic carbocycles. The van der Waals surface area contributed by atoms with Gasteiger partial charge >= 0.3 is 0 Å². The Kier molecular flexibility index (Phi) is 2.41. The van der Waals surface area contributed by atoms with Gasteiger partial charge in [0.25, 0.3) is 0 Å². The molecular weight excluding hydrogens is 314 g/mol. The van der Waals surface area contributed by atoms with Gasteiger partial charge in [0.1, 0.15) is 0 Å². The molecule has 0 atom stereocenters. The van der Waals surface area contributed by atoms with Gasteiger partial charge in [-0.15, -0.1) is 0 Å². The van der Waals surface area contributed by atoms with E-state index in [0.717, 1.165) is 32.3 Å². The van der Waals surface area contributed by atoms with Crippen molar-refractivity contribution in [3.8, 4) is 5.69 Å². The summed E-state index contributed by atoms with van der Waals surface area (Å²) in [6.45, 7) is 0. The molecule has 2 aromatic carbocycles. The number of nitrogens with zero attached hydrogens (tertiary/aromatic N) is 1. The summed E-state index contributed by atoms with van der Waals surface area (Å²) in [5.41, 5.74) is 10.2. The molecule has 0 radical (unpaired) electrons. The van der Waals surface area contributed by atoms with E-state index in [2.05, 4.69) is 62.0 Å². The normalized spacial score (nSPS) is 11.4. The monoisotopic (exact) mass is 325 g/mol. The smallest absolute Gasteiger partial charge is 0.0772 e. The number of H-pyrrole nitrogens is 1. The minimum Gasteiger partial charge on any atom is -0.397 e. The largest absolute Gasteiger partial charge is 0.397 e. The summed E-state index contributed by atoms with van der Waals surface area (Å²) in [4.78, 5) is 3.30. The molecular formula is C16H12BrN3. The lowest BCUT2D eigenvalue weighted by molar-refractivity contribution is 1.13.